The zero-order valence-corrected chi connectivity index (χ0v) is 9.30. The van der Waals surface area contributed by atoms with Crippen molar-refractivity contribution in [3.05, 3.63) is 60.0 Å². The molecule has 0 aliphatic rings. The Bertz CT molecular complexity index is 497. The van der Waals surface area contributed by atoms with Gasteiger partial charge in [-0.3, -0.25) is 9.97 Å². The average Bonchev–Trinajstić information content (AvgIpc) is 2.38. The minimum absolute atomic E-state index is 0.697. The van der Waals surface area contributed by atoms with Crippen molar-refractivity contribution in [2.24, 2.45) is 0 Å². The van der Waals surface area contributed by atoms with Crippen LogP contribution in [0.25, 0.3) is 6.08 Å². The van der Waals surface area contributed by atoms with Gasteiger partial charge in [0.1, 0.15) is 0 Å². The zero-order chi connectivity index (χ0) is 11.2. The molecule has 0 bridgehead atoms. The molecule has 0 radical (unpaired) electrons. The first-order chi connectivity index (χ1) is 7.86. The molecule has 0 aliphatic heterocycles. The number of hydrogen-bond acceptors (Lipinski definition) is 3. The summed E-state index contributed by atoms with van der Waals surface area (Å²) in [5.74, 6) is 0. The maximum atomic E-state index is 11.8. The molecular formula is C12H10N2OS. The average molecular weight is 230 g/mol. The molecule has 0 fully saturated rings. The second-order valence-corrected chi connectivity index (χ2v) is 4.41. The first-order valence-corrected chi connectivity index (χ1v) is 5.96. The van der Waals surface area contributed by atoms with E-state index in [0.717, 1.165) is 5.56 Å². The van der Waals surface area contributed by atoms with Crippen LogP contribution in [0.3, 0.4) is 0 Å². The van der Waals surface area contributed by atoms with Gasteiger partial charge in [0.15, 0.2) is 0 Å². The predicted octanol–water partition coefficient (Wildman–Crippen LogP) is 2.26. The first-order valence-electron chi connectivity index (χ1n) is 4.75. The van der Waals surface area contributed by atoms with E-state index < -0.39 is 10.8 Å². The number of pyridine rings is 2. The Morgan fingerprint density at radius 2 is 1.81 bits per heavy atom. The highest BCUT2D eigenvalue weighted by Crippen LogP contribution is 2.07. The highest BCUT2D eigenvalue weighted by atomic mass is 32.2. The van der Waals surface area contributed by atoms with Crippen LogP contribution in [0.4, 0.5) is 0 Å². The van der Waals surface area contributed by atoms with Crippen molar-refractivity contribution < 1.29 is 4.21 Å². The largest absolute Gasteiger partial charge is 0.264 e. The lowest BCUT2D eigenvalue weighted by Gasteiger charge is -1.94. The molecular weight excluding hydrogens is 220 g/mol. The smallest absolute Gasteiger partial charge is 0.0791 e. The number of nitrogens with zero attached hydrogens (tertiary/aromatic N) is 2. The molecule has 2 heterocycles. The van der Waals surface area contributed by atoms with Crippen LogP contribution in [0.1, 0.15) is 5.56 Å². The Morgan fingerprint density at radius 1 is 1.06 bits per heavy atom. The van der Waals surface area contributed by atoms with Gasteiger partial charge in [-0.2, -0.15) is 0 Å². The van der Waals surface area contributed by atoms with Crippen molar-refractivity contribution in [1.29, 1.82) is 0 Å². The molecule has 2 aromatic rings. The number of rotatable bonds is 3. The van der Waals surface area contributed by atoms with Crippen LogP contribution in [0.5, 0.6) is 0 Å². The monoisotopic (exact) mass is 230 g/mol. The predicted molar refractivity (Wildman–Crippen MR) is 63.9 cm³/mol. The molecule has 3 nitrogen and oxygen atoms in total. The topological polar surface area (TPSA) is 42.9 Å². The van der Waals surface area contributed by atoms with E-state index >= 15 is 0 Å². The van der Waals surface area contributed by atoms with Gasteiger partial charge in [-0.15, -0.1) is 0 Å². The van der Waals surface area contributed by atoms with Crippen LogP contribution in [0.15, 0.2) is 59.4 Å². The zero-order valence-electron chi connectivity index (χ0n) is 8.48. The third-order valence-electron chi connectivity index (χ3n) is 1.94. The fourth-order valence-electron chi connectivity index (χ4n) is 1.16. The van der Waals surface area contributed by atoms with E-state index in [-0.39, 0.29) is 0 Å². The summed E-state index contributed by atoms with van der Waals surface area (Å²) in [7, 11) is -1.15. The van der Waals surface area contributed by atoms with Gasteiger partial charge in [0.05, 0.1) is 15.7 Å². The van der Waals surface area contributed by atoms with E-state index in [1.807, 2.05) is 12.1 Å². The second kappa shape index (κ2) is 5.32. The number of hydrogen-bond donors (Lipinski definition) is 0. The Hall–Kier alpha value is -1.81. The van der Waals surface area contributed by atoms with Crippen LogP contribution in [-0.2, 0) is 10.8 Å². The standard InChI is InChI=1S/C12H10N2OS/c15-16(12-4-2-7-14-10-12)8-5-11-3-1-6-13-9-11/h1-10H/b8-5+. The molecule has 0 saturated heterocycles. The van der Waals surface area contributed by atoms with Gasteiger partial charge >= 0.3 is 0 Å². The molecule has 2 aromatic heterocycles. The maximum Gasteiger partial charge on any atom is 0.0791 e. The van der Waals surface area contributed by atoms with Gasteiger partial charge in [-0.25, -0.2) is 4.21 Å². The SMILES string of the molecule is O=S(/C=C/c1cccnc1)c1cccnc1. The highest BCUT2D eigenvalue weighted by Gasteiger charge is 1.97. The van der Waals surface area contributed by atoms with Crippen molar-refractivity contribution in [2.75, 3.05) is 0 Å². The summed E-state index contributed by atoms with van der Waals surface area (Å²) in [6.45, 7) is 0. The van der Waals surface area contributed by atoms with E-state index in [9.17, 15) is 4.21 Å². The Kier molecular flexibility index (Phi) is 3.56. The Balaban J connectivity index is 2.12. The molecule has 1 unspecified atom stereocenters. The molecule has 0 saturated carbocycles. The summed E-state index contributed by atoms with van der Waals surface area (Å²) < 4.78 is 11.8. The van der Waals surface area contributed by atoms with E-state index in [1.54, 1.807) is 48.4 Å². The van der Waals surface area contributed by atoms with E-state index in [1.165, 1.54) is 0 Å². The Morgan fingerprint density at radius 3 is 2.44 bits per heavy atom. The first kappa shape index (κ1) is 10.7. The van der Waals surface area contributed by atoms with Gasteiger partial charge in [-0.1, -0.05) is 6.07 Å². The van der Waals surface area contributed by atoms with E-state index in [4.69, 9.17) is 0 Å². The molecule has 4 heteroatoms. The van der Waals surface area contributed by atoms with Gasteiger partial charge in [0.25, 0.3) is 0 Å². The van der Waals surface area contributed by atoms with Gasteiger partial charge in [-0.05, 0) is 29.8 Å². The van der Waals surface area contributed by atoms with E-state index in [0.29, 0.717) is 4.90 Å². The van der Waals surface area contributed by atoms with Crippen LogP contribution < -0.4 is 0 Å². The lowest BCUT2D eigenvalue weighted by molar-refractivity contribution is 0.688. The molecule has 2 rings (SSSR count). The maximum absolute atomic E-state index is 11.8. The van der Waals surface area contributed by atoms with Gasteiger partial charge < -0.3 is 0 Å². The lowest BCUT2D eigenvalue weighted by Crippen LogP contribution is -1.86. The quantitative estimate of drug-likeness (QED) is 0.812. The summed E-state index contributed by atoms with van der Waals surface area (Å²) in [5.41, 5.74) is 0.930. The molecule has 0 aliphatic carbocycles. The number of aromatic nitrogens is 2. The molecule has 0 aromatic carbocycles. The minimum atomic E-state index is -1.15. The summed E-state index contributed by atoms with van der Waals surface area (Å²) >= 11 is 0. The lowest BCUT2D eigenvalue weighted by atomic mass is 10.3. The molecule has 1 atom stereocenters. The van der Waals surface area contributed by atoms with Crippen LogP contribution in [0.2, 0.25) is 0 Å². The molecule has 80 valence electrons. The van der Waals surface area contributed by atoms with Crippen molar-refractivity contribution in [1.82, 2.24) is 9.97 Å². The van der Waals surface area contributed by atoms with Crippen molar-refractivity contribution in [3.63, 3.8) is 0 Å². The molecule has 0 amide bonds. The fraction of sp³-hybridized carbons (Fsp3) is 0. The van der Waals surface area contributed by atoms with Crippen LogP contribution in [0, 0.1) is 0 Å². The normalized spacial score (nSPS) is 12.8. The Labute approximate surface area is 96.3 Å². The van der Waals surface area contributed by atoms with Gasteiger partial charge in [0.2, 0.25) is 0 Å². The fourth-order valence-corrected chi connectivity index (χ4v) is 1.97. The van der Waals surface area contributed by atoms with Crippen LogP contribution >= 0.6 is 0 Å². The summed E-state index contributed by atoms with van der Waals surface area (Å²) in [6, 6.07) is 7.30. The van der Waals surface area contributed by atoms with Crippen molar-refractivity contribution in [2.45, 2.75) is 4.90 Å². The molecule has 16 heavy (non-hydrogen) atoms. The molecule has 0 N–H and O–H groups in total. The van der Waals surface area contributed by atoms with E-state index in [2.05, 4.69) is 9.97 Å². The minimum Gasteiger partial charge on any atom is -0.264 e. The van der Waals surface area contributed by atoms with Crippen molar-refractivity contribution in [3.8, 4) is 0 Å². The third-order valence-corrected chi connectivity index (χ3v) is 3.02. The summed E-state index contributed by atoms with van der Waals surface area (Å²) in [6.07, 6.45) is 8.47. The summed E-state index contributed by atoms with van der Waals surface area (Å²) in [4.78, 5) is 8.59. The summed E-state index contributed by atoms with van der Waals surface area (Å²) in [5, 5.41) is 1.63. The van der Waals surface area contributed by atoms with Gasteiger partial charge in [0, 0.05) is 30.2 Å². The molecule has 0 spiro atoms. The van der Waals surface area contributed by atoms with Crippen LogP contribution in [-0.4, -0.2) is 14.2 Å². The highest BCUT2D eigenvalue weighted by molar-refractivity contribution is 7.88. The van der Waals surface area contributed by atoms with Crippen molar-refractivity contribution >= 4 is 16.9 Å². The second-order valence-electron chi connectivity index (χ2n) is 3.08. The third kappa shape index (κ3) is 2.84.